The number of piperazine rings is 1. The highest BCUT2D eigenvalue weighted by molar-refractivity contribution is 7.89. The number of nitrogen functional groups attached to an aromatic ring is 1. The van der Waals surface area contributed by atoms with Crippen LogP contribution in [0.15, 0.2) is 16.6 Å². The highest BCUT2D eigenvalue weighted by Gasteiger charge is 2.39. The van der Waals surface area contributed by atoms with Gasteiger partial charge in [-0.15, -0.1) is 11.3 Å². The normalized spacial score (nSPS) is 20.7. The number of imidazole rings is 1. The first kappa shape index (κ1) is 14.3. The van der Waals surface area contributed by atoms with Gasteiger partial charge in [0.1, 0.15) is 6.04 Å². The van der Waals surface area contributed by atoms with Crippen LogP contribution in [-0.4, -0.2) is 47.1 Å². The summed E-state index contributed by atoms with van der Waals surface area (Å²) in [7, 11) is -3.90. The summed E-state index contributed by atoms with van der Waals surface area (Å²) in [6.07, 6.45) is 1.61. The molecule has 2 aromatic heterocycles. The van der Waals surface area contributed by atoms with Crippen LogP contribution in [0.3, 0.4) is 0 Å². The molecule has 9 nitrogen and oxygen atoms in total. The second kappa shape index (κ2) is 4.94. The van der Waals surface area contributed by atoms with Crippen molar-refractivity contribution in [1.29, 1.82) is 0 Å². The van der Waals surface area contributed by atoms with Gasteiger partial charge >= 0.3 is 0 Å². The fourth-order valence-electron chi connectivity index (χ4n) is 2.31. The highest BCUT2D eigenvalue weighted by Crippen LogP contribution is 2.29. The first-order chi connectivity index (χ1) is 9.96. The van der Waals surface area contributed by atoms with Crippen molar-refractivity contribution in [2.24, 2.45) is 5.84 Å². The fraction of sp³-hybridized carbons (Fsp3) is 0.400. The third kappa shape index (κ3) is 2.09. The quantitative estimate of drug-likeness (QED) is 0.500. The molecule has 0 spiro atoms. The zero-order valence-electron chi connectivity index (χ0n) is 11.1. The highest BCUT2D eigenvalue weighted by atomic mass is 32.2. The Morgan fingerprint density at radius 3 is 3.05 bits per heavy atom. The maximum absolute atomic E-state index is 12.9. The van der Waals surface area contributed by atoms with Crippen LogP contribution in [0, 0.1) is 0 Å². The number of hydrazine groups is 1. The topological polar surface area (TPSA) is 122 Å². The van der Waals surface area contributed by atoms with Gasteiger partial charge in [-0.3, -0.25) is 9.20 Å². The number of anilines is 1. The number of aromatic nitrogens is 2. The van der Waals surface area contributed by atoms with Crippen molar-refractivity contribution in [2.75, 3.05) is 18.5 Å². The number of thiazole rings is 1. The van der Waals surface area contributed by atoms with Crippen LogP contribution >= 0.6 is 11.3 Å². The first-order valence-electron chi connectivity index (χ1n) is 6.18. The molecule has 3 rings (SSSR count). The molecule has 1 aliphatic heterocycles. The third-order valence-electron chi connectivity index (χ3n) is 3.35. The number of fused-ring (bicyclic) bond motifs is 1. The number of sulfonamides is 1. The van der Waals surface area contributed by atoms with Crippen molar-refractivity contribution in [2.45, 2.75) is 18.0 Å². The summed E-state index contributed by atoms with van der Waals surface area (Å²) in [4.78, 5) is 16.4. The second-order valence-corrected chi connectivity index (χ2v) is 7.23. The predicted octanol–water partition coefficient (Wildman–Crippen LogP) is -0.810. The van der Waals surface area contributed by atoms with Gasteiger partial charge in [-0.2, -0.15) is 9.29 Å². The number of carbonyl (C=O) groups excluding carboxylic acids is 1. The molecule has 0 aromatic carbocycles. The molecule has 4 N–H and O–H groups in total. The van der Waals surface area contributed by atoms with Gasteiger partial charge in [0, 0.05) is 24.7 Å². The Hall–Kier alpha value is -1.69. The van der Waals surface area contributed by atoms with Crippen LogP contribution in [0.5, 0.6) is 0 Å². The zero-order chi connectivity index (χ0) is 15.2. The Balaban J connectivity index is 2.15. The van der Waals surface area contributed by atoms with Crippen LogP contribution in [0.25, 0.3) is 4.96 Å². The molecule has 0 bridgehead atoms. The van der Waals surface area contributed by atoms with Crippen LogP contribution < -0.4 is 16.6 Å². The third-order valence-corrected chi connectivity index (χ3v) is 6.10. The van der Waals surface area contributed by atoms with Gasteiger partial charge in [0.15, 0.2) is 10.8 Å². The van der Waals surface area contributed by atoms with E-state index in [1.807, 2.05) is 0 Å². The van der Waals surface area contributed by atoms with Gasteiger partial charge in [-0.1, -0.05) is 0 Å². The minimum atomic E-state index is -3.90. The van der Waals surface area contributed by atoms with E-state index < -0.39 is 16.1 Å². The Kier molecular flexibility index (Phi) is 3.36. The molecule has 11 heteroatoms. The number of nitrogens with one attached hydrogen (secondary N) is 2. The molecule has 1 aliphatic rings. The second-order valence-electron chi connectivity index (χ2n) is 4.55. The van der Waals surface area contributed by atoms with Crippen molar-refractivity contribution in [3.8, 4) is 0 Å². The Morgan fingerprint density at radius 1 is 1.57 bits per heavy atom. The Bertz CT molecular complexity index is 795. The predicted molar refractivity (Wildman–Crippen MR) is 77.2 cm³/mol. The number of carbonyl (C=O) groups is 1. The average Bonchev–Trinajstić information content (AvgIpc) is 3.00. The number of hydrogen-bond donors (Lipinski definition) is 3. The largest absolute Gasteiger partial charge is 0.353 e. The molecule has 0 saturated carbocycles. The van der Waals surface area contributed by atoms with Crippen molar-refractivity contribution < 1.29 is 13.2 Å². The molecule has 1 fully saturated rings. The van der Waals surface area contributed by atoms with E-state index in [9.17, 15) is 13.2 Å². The number of rotatable bonds is 3. The number of hydrogen-bond acceptors (Lipinski definition) is 7. The average molecular weight is 330 g/mol. The summed E-state index contributed by atoms with van der Waals surface area (Å²) >= 11 is 1.30. The van der Waals surface area contributed by atoms with E-state index in [0.717, 1.165) is 4.31 Å². The maximum atomic E-state index is 12.9. The minimum absolute atomic E-state index is 0.0530. The maximum Gasteiger partial charge on any atom is 0.263 e. The number of amides is 1. The van der Waals surface area contributed by atoms with Crippen LogP contribution in [0.1, 0.15) is 6.92 Å². The summed E-state index contributed by atoms with van der Waals surface area (Å²) in [5.74, 6) is 5.13. The number of nitrogens with two attached hydrogens (primary N) is 1. The first-order valence-corrected chi connectivity index (χ1v) is 8.50. The van der Waals surface area contributed by atoms with Gasteiger partial charge in [0.2, 0.25) is 10.9 Å². The van der Waals surface area contributed by atoms with E-state index in [2.05, 4.69) is 15.7 Å². The molecule has 0 aliphatic carbocycles. The lowest BCUT2D eigenvalue weighted by molar-refractivity contribution is -0.126. The van der Waals surface area contributed by atoms with Crippen molar-refractivity contribution >= 4 is 38.0 Å². The molecule has 0 radical (unpaired) electrons. The van der Waals surface area contributed by atoms with E-state index in [1.165, 1.54) is 15.7 Å². The van der Waals surface area contributed by atoms with E-state index in [-0.39, 0.29) is 29.8 Å². The van der Waals surface area contributed by atoms with Crippen molar-refractivity contribution in [3.63, 3.8) is 0 Å². The minimum Gasteiger partial charge on any atom is -0.353 e. The van der Waals surface area contributed by atoms with Gasteiger partial charge in [0.05, 0.1) is 0 Å². The zero-order valence-corrected chi connectivity index (χ0v) is 12.7. The van der Waals surface area contributed by atoms with Crippen molar-refractivity contribution in [3.05, 3.63) is 11.6 Å². The van der Waals surface area contributed by atoms with E-state index in [4.69, 9.17) is 5.84 Å². The standard InChI is InChI=1S/C10H14N6O3S2/c1-6-8(17)12-2-3-16(6)21(18,19)9-7(14-11)13-10-15(9)4-5-20-10/h4-6,14H,2-3,11H2,1H3,(H,12,17). The van der Waals surface area contributed by atoms with Gasteiger partial charge in [-0.25, -0.2) is 14.3 Å². The van der Waals surface area contributed by atoms with Crippen molar-refractivity contribution in [1.82, 2.24) is 19.0 Å². The van der Waals surface area contributed by atoms with Crippen LogP contribution in [0.4, 0.5) is 5.82 Å². The molecule has 1 saturated heterocycles. The molecule has 1 atom stereocenters. The monoisotopic (exact) mass is 330 g/mol. The summed E-state index contributed by atoms with van der Waals surface area (Å²) in [6, 6.07) is -0.779. The Labute approximate surface area is 124 Å². The molecule has 1 unspecified atom stereocenters. The molecule has 3 heterocycles. The SMILES string of the molecule is CC1C(=O)NCCN1S(=O)(=O)c1c(NN)nc2sccn12. The summed E-state index contributed by atoms with van der Waals surface area (Å²) in [6.45, 7) is 2.03. The lowest BCUT2D eigenvalue weighted by atomic mass is 10.2. The van der Waals surface area contributed by atoms with E-state index in [1.54, 1.807) is 18.5 Å². The number of nitrogens with zero attached hydrogens (tertiary/aromatic N) is 3. The fourth-order valence-corrected chi connectivity index (χ4v) is 4.89. The molecular weight excluding hydrogens is 316 g/mol. The van der Waals surface area contributed by atoms with Crippen LogP contribution in [-0.2, 0) is 14.8 Å². The summed E-state index contributed by atoms with van der Waals surface area (Å²) in [5.41, 5.74) is 2.31. The molecular formula is C10H14N6O3S2. The van der Waals surface area contributed by atoms with Gasteiger partial charge < -0.3 is 10.7 Å². The lowest BCUT2D eigenvalue weighted by Crippen LogP contribution is -2.55. The molecule has 1 amide bonds. The van der Waals surface area contributed by atoms with Crippen LogP contribution in [0.2, 0.25) is 0 Å². The molecule has 21 heavy (non-hydrogen) atoms. The Morgan fingerprint density at radius 2 is 2.33 bits per heavy atom. The van der Waals surface area contributed by atoms with E-state index >= 15 is 0 Å². The van der Waals surface area contributed by atoms with Gasteiger partial charge in [-0.05, 0) is 6.92 Å². The van der Waals surface area contributed by atoms with E-state index in [0.29, 0.717) is 4.96 Å². The summed E-state index contributed by atoms with van der Waals surface area (Å²) in [5, 5.41) is 4.31. The molecule has 114 valence electrons. The smallest absolute Gasteiger partial charge is 0.263 e. The lowest BCUT2D eigenvalue weighted by Gasteiger charge is -2.31. The van der Waals surface area contributed by atoms with Gasteiger partial charge in [0.25, 0.3) is 10.0 Å². The summed E-state index contributed by atoms with van der Waals surface area (Å²) < 4.78 is 28.4. The molecule has 2 aromatic rings.